The second-order valence-corrected chi connectivity index (χ2v) is 4.44. The van der Waals surface area contributed by atoms with Gasteiger partial charge in [0.15, 0.2) is 0 Å². The first-order valence-electron chi connectivity index (χ1n) is 3.65. The lowest BCUT2D eigenvalue weighted by atomic mass is 10.5. The molecular formula is C7H8BrClN2OS. The zero-order valence-corrected chi connectivity index (χ0v) is 9.86. The Hall–Kier alpha value is 0.160. The number of aliphatic hydroxyl groups excluding tert-OH is 1. The van der Waals surface area contributed by atoms with Crippen LogP contribution in [0.4, 0.5) is 0 Å². The number of thioether (sulfide) groups is 1. The minimum absolute atomic E-state index is 0.198. The van der Waals surface area contributed by atoms with Gasteiger partial charge in [-0.05, 0) is 22.4 Å². The van der Waals surface area contributed by atoms with Crippen LogP contribution >= 0.6 is 39.3 Å². The first-order valence-corrected chi connectivity index (χ1v) is 5.81. The molecule has 1 aromatic rings. The van der Waals surface area contributed by atoms with Crippen LogP contribution in [0.3, 0.4) is 0 Å². The predicted octanol–water partition coefficient (Wildman–Crippen LogP) is 2.37. The third-order valence-corrected chi connectivity index (χ3v) is 3.86. The normalized spacial score (nSPS) is 10.4. The molecule has 1 rings (SSSR count). The number of aromatic nitrogens is 2. The first kappa shape index (κ1) is 11.2. The largest absolute Gasteiger partial charge is 0.396 e. The molecule has 72 valence electrons. The monoisotopic (exact) mass is 282 g/mol. The average molecular weight is 284 g/mol. The lowest BCUT2D eigenvalue weighted by Crippen LogP contribution is -1.90. The highest BCUT2D eigenvalue weighted by molar-refractivity contribution is 9.10. The maximum Gasteiger partial charge on any atom is 0.147 e. The van der Waals surface area contributed by atoms with Gasteiger partial charge in [0.2, 0.25) is 0 Å². The third-order valence-electron chi connectivity index (χ3n) is 1.26. The van der Waals surface area contributed by atoms with Crippen molar-refractivity contribution in [1.29, 1.82) is 0 Å². The molecule has 6 heteroatoms. The van der Waals surface area contributed by atoms with Crippen molar-refractivity contribution < 1.29 is 5.11 Å². The molecule has 0 aliphatic heterocycles. The van der Waals surface area contributed by atoms with Crippen molar-refractivity contribution in [2.45, 2.75) is 11.4 Å². The topological polar surface area (TPSA) is 46.0 Å². The molecule has 13 heavy (non-hydrogen) atoms. The molecule has 1 N–H and O–H groups in total. The Morgan fingerprint density at radius 2 is 2.31 bits per heavy atom. The predicted molar refractivity (Wildman–Crippen MR) is 57.2 cm³/mol. The molecule has 0 aliphatic carbocycles. The van der Waals surface area contributed by atoms with Gasteiger partial charge < -0.3 is 5.11 Å². The Morgan fingerprint density at radius 1 is 1.54 bits per heavy atom. The fourth-order valence-electron chi connectivity index (χ4n) is 0.668. The lowest BCUT2D eigenvalue weighted by molar-refractivity contribution is 0.296. The average Bonchev–Trinajstić information content (AvgIpc) is 2.13. The van der Waals surface area contributed by atoms with E-state index in [9.17, 15) is 0 Å². The molecule has 0 radical (unpaired) electrons. The standard InChI is InChI=1S/C7H8BrClN2OS/c8-5-6(9)10-4-11-7(5)13-3-1-2-12/h4,12H,1-3H2. The third kappa shape index (κ3) is 3.42. The molecule has 0 spiro atoms. The van der Waals surface area contributed by atoms with E-state index < -0.39 is 0 Å². The lowest BCUT2D eigenvalue weighted by Gasteiger charge is -2.02. The van der Waals surface area contributed by atoms with Gasteiger partial charge in [0.1, 0.15) is 16.5 Å². The van der Waals surface area contributed by atoms with Gasteiger partial charge in [-0.1, -0.05) is 11.6 Å². The smallest absolute Gasteiger partial charge is 0.147 e. The van der Waals surface area contributed by atoms with Crippen LogP contribution in [0.25, 0.3) is 0 Å². The molecule has 0 saturated heterocycles. The van der Waals surface area contributed by atoms with Crippen LogP contribution < -0.4 is 0 Å². The van der Waals surface area contributed by atoms with Crippen LogP contribution in [0.15, 0.2) is 15.8 Å². The summed E-state index contributed by atoms with van der Waals surface area (Å²) in [6, 6.07) is 0. The van der Waals surface area contributed by atoms with Gasteiger partial charge in [-0.15, -0.1) is 11.8 Å². The molecular weight excluding hydrogens is 276 g/mol. The van der Waals surface area contributed by atoms with Crippen molar-refractivity contribution >= 4 is 39.3 Å². The summed E-state index contributed by atoms with van der Waals surface area (Å²) in [6.45, 7) is 0.198. The minimum Gasteiger partial charge on any atom is -0.396 e. The van der Waals surface area contributed by atoms with E-state index in [4.69, 9.17) is 16.7 Å². The van der Waals surface area contributed by atoms with Gasteiger partial charge in [0.25, 0.3) is 0 Å². The Kier molecular flexibility index (Phi) is 5.01. The maximum atomic E-state index is 8.58. The zero-order chi connectivity index (χ0) is 9.68. The van der Waals surface area contributed by atoms with Crippen molar-refractivity contribution in [3.05, 3.63) is 16.0 Å². The van der Waals surface area contributed by atoms with Crippen LogP contribution in [-0.4, -0.2) is 27.4 Å². The van der Waals surface area contributed by atoms with Gasteiger partial charge in [-0.2, -0.15) is 0 Å². The SMILES string of the molecule is OCCCSc1ncnc(Cl)c1Br. The van der Waals surface area contributed by atoms with Gasteiger partial charge in [0.05, 0.1) is 4.47 Å². The summed E-state index contributed by atoms with van der Waals surface area (Å²) >= 11 is 10.6. The molecule has 0 saturated carbocycles. The van der Waals surface area contributed by atoms with Crippen LogP contribution in [0.2, 0.25) is 5.15 Å². The van der Waals surface area contributed by atoms with Crippen molar-refractivity contribution in [3.63, 3.8) is 0 Å². The minimum atomic E-state index is 0.198. The van der Waals surface area contributed by atoms with E-state index in [0.29, 0.717) is 5.15 Å². The summed E-state index contributed by atoms with van der Waals surface area (Å²) in [5.41, 5.74) is 0. The number of aliphatic hydroxyl groups is 1. The van der Waals surface area contributed by atoms with Crippen LogP contribution in [0.5, 0.6) is 0 Å². The van der Waals surface area contributed by atoms with Crippen molar-refractivity contribution in [2.75, 3.05) is 12.4 Å². The second-order valence-electron chi connectivity index (χ2n) is 2.21. The maximum absolute atomic E-state index is 8.58. The van der Waals surface area contributed by atoms with Gasteiger partial charge in [-0.25, -0.2) is 9.97 Å². The zero-order valence-electron chi connectivity index (χ0n) is 6.70. The molecule has 0 atom stereocenters. The van der Waals surface area contributed by atoms with E-state index >= 15 is 0 Å². The highest BCUT2D eigenvalue weighted by Gasteiger charge is 2.06. The van der Waals surface area contributed by atoms with Crippen molar-refractivity contribution in [2.24, 2.45) is 0 Å². The number of rotatable bonds is 4. The summed E-state index contributed by atoms with van der Waals surface area (Å²) in [5, 5.41) is 9.82. The molecule has 0 fully saturated rings. The molecule has 0 bridgehead atoms. The number of hydrogen-bond acceptors (Lipinski definition) is 4. The summed E-state index contributed by atoms with van der Waals surface area (Å²) in [4.78, 5) is 7.86. The molecule has 0 amide bonds. The quantitative estimate of drug-likeness (QED) is 0.523. The highest BCUT2D eigenvalue weighted by atomic mass is 79.9. The Morgan fingerprint density at radius 3 is 3.00 bits per heavy atom. The van der Waals surface area contributed by atoms with Gasteiger partial charge in [-0.3, -0.25) is 0 Å². The van der Waals surface area contributed by atoms with Crippen LogP contribution in [-0.2, 0) is 0 Å². The van der Waals surface area contributed by atoms with E-state index in [1.807, 2.05) is 0 Å². The second kappa shape index (κ2) is 5.80. The number of nitrogens with zero attached hydrogens (tertiary/aromatic N) is 2. The van der Waals surface area contributed by atoms with Crippen molar-refractivity contribution in [3.8, 4) is 0 Å². The summed E-state index contributed by atoms with van der Waals surface area (Å²) in [7, 11) is 0. The molecule has 0 aliphatic rings. The summed E-state index contributed by atoms with van der Waals surface area (Å²) < 4.78 is 0.722. The van der Waals surface area contributed by atoms with E-state index in [1.165, 1.54) is 6.33 Å². The van der Waals surface area contributed by atoms with Gasteiger partial charge in [0, 0.05) is 12.4 Å². The Balaban J connectivity index is 2.61. The molecule has 1 aromatic heterocycles. The fraction of sp³-hybridized carbons (Fsp3) is 0.429. The van der Waals surface area contributed by atoms with E-state index in [0.717, 1.165) is 21.7 Å². The number of hydrogen-bond donors (Lipinski definition) is 1. The first-order chi connectivity index (χ1) is 6.25. The summed E-state index contributed by atoms with van der Waals surface area (Å²) in [5.74, 6) is 0.822. The van der Waals surface area contributed by atoms with Crippen molar-refractivity contribution in [1.82, 2.24) is 9.97 Å². The molecule has 0 unspecified atom stereocenters. The fourth-order valence-corrected chi connectivity index (χ4v) is 2.22. The Bertz CT molecular complexity index is 287. The van der Waals surface area contributed by atoms with Gasteiger partial charge >= 0.3 is 0 Å². The molecule has 1 heterocycles. The molecule has 0 aromatic carbocycles. The Labute approximate surface area is 94.1 Å². The highest BCUT2D eigenvalue weighted by Crippen LogP contribution is 2.29. The van der Waals surface area contributed by atoms with E-state index in [-0.39, 0.29) is 6.61 Å². The molecule has 3 nitrogen and oxygen atoms in total. The van der Waals surface area contributed by atoms with E-state index in [2.05, 4.69) is 25.9 Å². The van der Waals surface area contributed by atoms with Crippen LogP contribution in [0.1, 0.15) is 6.42 Å². The van der Waals surface area contributed by atoms with E-state index in [1.54, 1.807) is 11.8 Å². The summed E-state index contributed by atoms with van der Waals surface area (Å²) in [6.07, 6.45) is 2.17. The number of halogens is 2. The van der Waals surface area contributed by atoms with Crippen LogP contribution in [0, 0.1) is 0 Å².